The molecule has 0 saturated heterocycles. The van der Waals surface area contributed by atoms with E-state index in [2.05, 4.69) is 20.6 Å². The van der Waals surface area contributed by atoms with Gasteiger partial charge in [-0.3, -0.25) is 10.1 Å². The van der Waals surface area contributed by atoms with Crippen molar-refractivity contribution < 1.29 is 22.8 Å². The maximum absolute atomic E-state index is 13.3. The largest absolute Gasteiger partial charge is 0.489 e. The number of benzene rings is 2. The van der Waals surface area contributed by atoms with Crippen molar-refractivity contribution in [3.8, 4) is 5.75 Å². The van der Waals surface area contributed by atoms with Crippen LogP contribution in [0.4, 0.5) is 14.7 Å². The number of nitrogens with one attached hydrogen (secondary N) is 1. The first kappa shape index (κ1) is 20.2. The number of carbonyl (C=O) groups excluding carboxylic acids is 1. The van der Waals surface area contributed by atoms with E-state index in [-0.39, 0.29) is 24.1 Å². The highest BCUT2D eigenvalue weighted by molar-refractivity contribution is 6.02. The molecule has 0 bridgehead atoms. The molecule has 1 N–H and O–H groups in total. The van der Waals surface area contributed by atoms with Gasteiger partial charge < -0.3 is 9.26 Å². The molecule has 0 radical (unpaired) electrons. The van der Waals surface area contributed by atoms with Gasteiger partial charge in [-0.2, -0.15) is 0 Å². The van der Waals surface area contributed by atoms with Crippen LogP contribution >= 0.6 is 0 Å². The lowest BCUT2D eigenvalue weighted by Crippen LogP contribution is -2.16. The number of rotatable bonds is 7. The molecular formula is C21H17F2N5O3. The topological polar surface area (TPSA) is 95.1 Å². The number of anilines is 1. The van der Waals surface area contributed by atoms with Crippen LogP contribution in [-0.2, 0) is 13.2 Å². The fraction of sp³-hybridized carbons (Fsp3) is 0.143. The number of nitrogens with zero attached hydrogens (tertiary/aromatic N) is 4. The Bertz CT molecular complexity index is 1200. The molecule has 0 aliphatic heterocycles. The molecule has 0 aliphatic rings. The van der Waals surface area contributed by atoms with Gasteiger partial charge in [0, 0.05) is 6.07 Å². The summed E-state index contributed by atoms with van der Waals surface area (Å²) < 4.78 is 38.5. The predicted octanol–water partition coefficient (Wildman–Crippen LogP) is 3.73. The summed E-state index contributed by atoms with van der Waals surface area (Å²) in [6.07, 6.45) is 1.45. The normalized spacial score (nSPS) is 10.8. The summed E-state index contributed by atoms with van der Waals surface area (Å²) in [5, 5.41) is 10.5. The number of aryl methyl sites for hydroxylation is 1. The molecule has 4 rings (SSSR count). The highest BCUT2D eigenvalue weighted by Gasteiger charge is 2.21. The molecule has 4 aromatic rings. The summed E-state index contributed by atoms with van der Waals surface area (Å²) in [5.74, 6) is -0.543. The van der Waals surface area contributed by atoms with Gasteiger partial charge in [0.1, 0.15) is 36.1 Å². The van der Waals surface area contributed by atoms with E-state index in [4.69, 9.17) is 9.26 Å². The molecule has 2 aromatic carbocycles. The van der Waals surface area contributed by atoms with Crippen LogP contribution in [0.3, 0.4) is 0 Å². The quantitative estimate of drug-likeness (QED) is 0.485. The van der Waals surface area contributed by atoms with Crippen molar-refractivity contribution in [3.05, 3.63) is 89.1 Å². The van der Waals surface area contributed by atoms with E-state index < -0.39 is 11.7 Å². The van der Waals surface area contributed by atoms with E-state index in [0.717, 1.165) is 5.56 Å². The number of carbonyl (C=O) groups is 1. The summed E-state index contributed by atoms with van der Waals surface area (Å²) >= 11 is 0. The second-order valence-corrected chi connectivity index (χ2v) is 6.66. The van der Waals surface area contributed by atoms with Gasteiger partial charge in [0.2, 0.25) is 5.95 Å². The monoisotopic (exact) mass is 425 g/mol. The summed E-state index contributed by atoms with van der Waals surface area (Å²) in [7, 11) is 0. The van der Waals surface area contributed by atoms with Crippen LogP contribution in [-0.4, -0.2) is 25.8 Å². The first-order valence-electron chi connectivity index (χ1n) is 9.26. The second kappa shape index (κ2) is 8.74. The van der Waals surface area contributed by atoms with Crippen molar-refractivity contribution in [3.63, 3.8) is 0 Å². The zero-order valence-electron chi connectivity index (χ0n) is 16.4. The number of ether oxygens (including phenoxy) is 1. The summed E-state index contributed by atoms with van der Waals surface area (Å²) in [6.45, 7) is 1.97. The van der Waals surface area contributed by atoms with E-state index >= 15 is 0 Å². The van der Waals surface area contributed by atoms with Gasteiger partial charge in [-0.15, -0.1) is 5.10 Å². The third kappa shape index (κ3) is 4.92. The molecule has 0 unspecified atom stereocenters. The maximum Gasteiger partial charge on any atom is 0.280 e. The first-order chi connectivity index (χ1) is 15.0. The number of aromatic nitrogens is 4. The number of hydrogen-bond acceptors (Lipinski definition) is 6. The summed E-state index contributed by atoms with van der Waals surface area (Å²) in [4.78, 5) is 16.7. The molecule has 31 heavy (non-hydrogen) atoms. The van der Waals surface area contributed by atoms with Gasteiger partial charge in [-0.1, -0.05) is 23.4 Å². The average Bonchev–Trinajstić information content (AvgIpc) is 3.34. The van der Waals surface area contributed by atoms with Crippen molar-refractivity contribution >= 4 is 11.9 Å². The third-order valence-electron chi connectivity index (χ3n) is 4.40. The summed E-state index contributed by atoms with van der Waals surface area (Å²) in [5.41, 5.74) is 1.27. The molecule has 2 heterocycles. The Balaban J connectivity index is 1.42. The standard InChI is InChI=1S/C21H17F2N5O3/c1-13-18(11-30-17-4-2-3-16(23)9-17)19(27-31-13)20(29)25-21-24-12-28(26-21)10-14-5-7-15(22)8-6-14/h2-9,12H,10-11H2,1H3,(H,25,26,29). The predicted molar refractivity (Wildman–Crippen MR) is 105 cm³/mol. The zero-order chi connectivity index (χ0) is 21.8. The Labute approximate surface area is 175 Å². The van der Waals surface area contributed by atoms with Crippen LogP contribution in [0.25, 0.3) is 0 Å². The van der Waals surface area contributed by atoms with Crippen LogP contribution in [0, 0.1) is 18.6 Å². The van der Waals surface area contributed by atoms with Crippen LogP contribution in [0.15, 0.2) is 59.4 Å². The molecule has 158 valence electrons. The second-order valence-electron chi connectivity index (χ2n) is 6.66. The minimum atomic E-state index is -0.575. The van der Waals surface area contributed by atoms with E-state index in [1.165, 1.54) is 41.3 Å². The van der Waals surface area contributed by atoms with Gasteiger partial charge in [0.15, 0.2) is 5.69 Å². The van der Waals surface area contributed by atoms with Crippen LogP contribution < -0.4 is 10.1 Å². The molecule has 10 heteroatoms. The third-order valence-corrected chi connectivity index (χ3v) is 4.40. The lowest BCUT2D eigenvalue weighted by atomic mass is 10.2. The Morgan fingerprint density at radius 1 is 1.16 bits per heavy atom. The molecule has 0 fully saturated rings. The molecular weight excluding hydrogens is 408 g/mol. The first-order valence-corrected chi connectivity index (χ1v) is 9.26. The minimum absolute atomic E-state index is 0.0174. The van der Waals surface area contributed by atoms with Crippen molar-refractivity contribution in [2.45, 2.75) is 20.1 Å². The van der Waals surface area contributed by atoms with Crippen molar-refractivity contribution in [1.29, 1.82) is 0 Å². The molecule has 0 atom stereocenters. The van der Waals surface area contributed by atoms with Crippen molar-refractivity contribution in [2.24, 2.45) is 0 Å². The molecule has 8 nitrogen and oxygen atoms in total. The van der Waals surface area contributed by atoms with Gasteiger partial charge in [-0.25, -0.2) is 18.4 Å². The molecule has 2 aromatic heterocycles. The Morgan fingerprint density at radius 2 is 1.97 bits per heavy atom. The lowest BCUT2D eigenvalue weighted by Gasteiger charge is -2.06. The highest BCUT2D eigenvalue weighted by Crippen LogP contribution is 2.19. The molecule has 0 saturated carbocycles. The zero-order valence-corrected chi connectivity index (χ0v) is 16.4. The number of halogens is 2. The number of amides is 1. The summed E-state index contributed by atoms with van der Waals surface area (Å²) in [6, 6.07) is 11.6. The van der Waals surface area contributed by atoms with Crippen LogP contribution in [0.1, 0.15) is 27.4 Å². The fourth-order valence-corrected chi connectivity index (χ4v) is 2.82. The van der Waals surface area contributed by atoms with Crippen LogP contribution in [0.2, 0.25) is 0 Å². The van der Waals surface area contributed by atoms with E-state index in [1.807, 2.05) is 0 Å². The van der Waals surface area contributed by atoms with Crippen molar-refractivity contribution in [1.82, 2.24) is 19.9 Å². The molecule has 0 aliphatic carbocycles. The van der Waals surface area contributed by atoms with Gasteiger partial charge >= 0.3 is 0 Å². The van der Waals surface area contributed by atoms with Gasteiger partial charge in [0.05, 0.1) is 12.1 Å². The van der Waals surface area contributed by atoms with Crippen molar-refractivity contribution in [2.75, 3.05) is 5.32 Å². The Morgan fingerprint density at radius 3 is 2.74 bits per heavy atom. The van der Waals surface area contributed by atoms with E-state index in [0.29, 0.717) is 23.6 Å². The Hall–Kier alpha value is -4.08. The fourth-order valence-electron chi connectivity index (χ4n) is 2.82. The number of hydrogen-bond donors (Lipinski definition) is 1. The smallest absolute Gasteiger partial charge is 0.280 e. The van der Waals surface area contributed by atoms with Crippen LogP contribution in [0.5, 0.6) is 5.75 Å². The SMILES string of the molecule is Cc1onc(C(=O)Nc2ncn(Cc3ccc(F)cc3)n2)c1COc1cccc(F)c1. The Kier molecular flexibility index (Phi) is 5.69. The van der Waals surface area contributed by atoms with E-state index in [1.54, 1.807) is 25.1 Å². The van der Waals surface area contributed by atoms with Gasteiger partial charge in [-0.05, 0) is 36.8 Å². The van der Waals surface area contributed by atoms with Gasteiger partial charge in [0.25, 0.3) is 5.91 Å². The molecule has 1 amide bonds. The highest BCUT2D eigenvalue weighted by atomic mass is 19.1. The average molecular weight is 425 g/mol. The maximum atomic E-state index is 13.3. The molecule has 0 spiro atoms. The minimum Gasteiger partial charge on any atom is -0.489 e. The lowest BCUT2D eigenvalue weighted by molar-refractivity contribution is 0.101. The van der Waals surface area contributed by atoms with E-state index in [9.17, 15) is 13.6 Å².